The van der Waals surface area contributed by atoms with Crippen LogP contribution in [-0.2, 0) is 0 Å². The van der Waals surface area contributed by atoms with Crippen LogP contribution in [0.2, 0.25) is 0 Å². The van der Waals surface area contributed by atoms with Gasteiger partial charge in [-0.3, -0.25) is 14.9 Å². The van der Waals surface area contributed by atoms with Gasteiger partial charge in [-0.05, 0) is 43.3 Å². The van der Waals surface area contributed by atoms with Crippen LogP contribution >= 0.6 is 15.9 Å². The second kappa shape index (κ2) is 7.96. The standard InChI is InChI=1S/C19H14BrN3O4/c1-12-3-2-4-13(9-12)19(24)22-21-11-15-6-8-18(27-15)16-7-5-14(20)10-17(16)23(25)26/h2-11H,1H3,(H,22,24)/b21-11+. The van der Waals surface area contributed by atoms with E-state index in [0.717, 1.165) is 5.56 Å². The van der Waals surface area contributed by atoms with Crippen LogP contribution in [0.1, 0.15) is 21.7 Å². The summed E-state index contributed by atoms with van der Waals surface area (Å²) in [5.41, 5.74) is 4.16. The molecule has 0 aliphatic carbocycles. The molecule has 7 nitrogen and oxygen atoms in total. The summed E-state index contributed by atoms with van der Waals surface area (Å²) in [7, 11) is 0. The molecule has 0 radical (unpaired) electrons. The first-order valence-electron chi connectivity index (χ1n) is 7.88. The quantitative estimate of drug-likeness (QED) is 0.362. The molecule has 3 aromatic rings. The van der Waals surface area contributed by atoms with Crippen LogP contribution < -0.4 is 5.43 Å². The Kier molecular flexibility index (Phi) is 5.46. The third-order valence-electron chi connectivity index (χ3n) is 3.69. The summed E-state index contributed by atoms with van der Waals surface area (Å²) in [6, 6.07) is 15.1. The number of hydrogen-bond donors (Lipinski definition) is 1. The number of furan rings is 1. The summed E-state index contributed by atoms with van der Waals surface area (Å²) in [5, 5.41) is 15.1. The van der Waals surface area contributed by atoms with E-state index >= 15 is 0 Å². The Labute approximate surface area is 163 Å². The van der Waals surface area contributed by atoms with Crippen molar-refractivity contribution in [2.45, 2.75) is 6.92 Å². The minimum absolute atomic E-state index is 0.0741. The van der Waals surface area contributed by atoms with Gasteiger partial charge in [0.2, 0.25) is 0 Å². The molecule has 0 aliphatic rings. The zero-order valence-electron chi connectivity index (χ0n) is 14.2. The molecule has 1 heterocycles. The van der Waals surface area contributed by atoms with Gasteiger partial charge in [-0.2, -0.15) is 5.10 Å². The summed E-state index contributed by atoms with van der Waals surface area (Å²) in [6.07, 6.45) is 1.34. The van der Waals surface area contributed by atoms with Gasteiger partial charge in [0, 0.05) is 16.1 Å². The van der Waals surface area contributed by atoms with Crippen molar-refractivity contribution in [1.29, 1.82) is 0 Å². The van der Waals surface area contributed by atoms with Gasteiger partial charge in [-0.25, -0.2) is 5.43 Å². The first kappa shape index (κ1) is 18.5. The van der Waals surface area contributed by atoms with Crippen molar-refractivity contribution in [3.8, 4) is 11.3 Å². The molecule has 0 saturated carbocycles. The predicted molar refractivity (Wildman–Crippen MR) is 105 cm³/mol. The summed E-state index contributed by atoms with van der Waals surface area (Å²) >= 11 is 3.22. The van der Waals surface area contributed by atoms with Gasteiger partial charge in [0.15, 0.2) is 0 Å². The lowest BCUT2D eigenvalue weighted by molar-refractivity contribution is -0.384. The Hall–Kier alpha value is -3.26. The monoisotopic (exact) mass is 427 g/mol. The maximum atomic E-state index is 12.0. The van der Waals surface area contributed by atoms with Crippen molar-refractivity contribution in [1.82, 2.24) is 5.43 Å². The number of nitrogens with zero attached hydrogens (tertiary/aromatic N) is 2. The Morgan fingerprint density at radius 3 is 2.78 bits per heavy atom. The normalized spacial score (nSPS) is 10.9. The largest absolute Gasteiger partial charge is 0.455 e. The third kappa shape index (κ3) is 4.48. The van der Waals surface area contributed by atoms with Crippen molar-refractivity contribution in [3.05, 3.63) is 86.1 Å². The smallest absolute Gasteiger partial charge is 0.281 e. The van der Waals surface area contributed by atoms with Crippen LogP contribution in [0, 0.1) is 17.0 Å². The number of aryl methyl sites for hydroxylation is 1. The summed E-state index contributed by atoms with van der Waals surface area (Å²) < 4.78 is 6.19. The van der Waals surface area contributed by atoms with Crippen molar-refractivity contribution in [2.24, 2.45) is 5.10 Å². The molecule has 27 heavy (non-hydrogen) atoms. The molecule has 0 spiro atoms. The Bertz CT molecular complexity index is 1040. The molecule has 3 rings (SSSR count). The van der Waals surface area contributed by atoms with E-state index in [9.17, 15) is 14.9 Å². The second-order valence-corrected chi connectivity index (χ2v) is 6.60. The van der Waals surface area contributed by atoms with Crippen LogP contribution in [0.3, 0.4) is 0 Å². The van der Waals surface area contributed by atoms with E-state index in [1.165, 1.54) is 12.3 Å². The highest BCUT2D eigenvalue weighted by Crippen LogP contribution is 2.33. The number of carbonyl (C=O) groups excluding carboxylic acids is 1. The minimum Gasteiger partial charge on any atom is -0.455 e. The molecule has 8 heteroatoms. The Balaban J connectivity index is 1.74. The van der Waals surface area contributed by atoms with Gasteiger partial charge >= 0.3 is 0 Å². The number of benzene rings is 2. The number of nitro groups is 1. The lowest BCUT2D eigenvalue weighted by Gasteiger charge is -2.01. The van der Waals surface area contributed by atoms with E-state index in [2.05, 4.69) is 26.5 Å². The van der Waals surface area contributed by atoms with Gasteiger partial charge in [0.1, 0.15) is 11.5 Å². The highest BCUT2D eigenvalue weighted by atomic mass is 79.9. The van der Waals surface area contributed by atoms with Gasteiger partial charge in [0.05, 0.1) is 16.7 Å². The number of halogens is 1. The number of amides is 1. The highest BCUT2D eigenvalue weighted by molar-refractivity contribution is 9.10. The molecule has 0 aliphatic heterocycles. The molecule has 0 fully saturated rings. The summed E-state index contributed by atoms with van der Waals surface area (Å²) in [5.74, 6) is 0.345. The van der Waals surface area contributed by atoms with E-state index in [4.69, 9.17) is 4.42 Å². The van der Waals surface area contributed by atoms with Gasteiger partial charge in [0.25, 0.3) is 11.6 Å². The average molecular weight is 428 g/mol. The maximum absolute atomic E-state index is 12.0. The molecular weight excluding hydrogens is 414 g/mol. The molecule has 0 bridgehead atoms. The van der Waals surface area contributed by atoms with Crippen molar-refractivity contribution < 1.29 is 14.1 Å². The maximum Gasteiger partial charge on any atom is 0.281 e. The molecule has 1 aromatic heterocycles. The number of rotatable bonds is 5. The first-order chi connectivity index (χ1) is 12.9. The Morgan fingerprint density at radius 1 is 1.22 bits per heavy atom. The number of carbonyl (C=O) groups is 1. The SMILES string of the molecule is Cc1cccc(C(=O)N/N=C/c2ccc(-c3ccc(Br)cc3[N+](=O)[O-])o2)c1. The molecule has 1 amide bonds. The summed E-state index contributed by atoms with van der Waals surface area (Å²) in [4.78, 5) is 22.8. The zero-order chi connectivity index (χ0) is 19.4. The van der Waals surface area contributed by atoms with Crippen LogP contribution in [-0.4, -0.2) is 17.0 Å². The zero-order valence-corrected chi connectivity index (χ0v) is 15.8. The van der Waals surface area contributed by atoms with Gasteiger partial charge in [-0.1, -0.05) is 33.6 Å². The molecule has 0 atom stereocenters. The van der Waals surface area contributed by atoms with Gasteiger partial charge in [-0.15, -0.1) is 0 Å². The predicted octanol–water partition coefficient (Wildman–Crippen LogP) is 4.69. The van der Waals surface area contributed by atoms with Crippen LogP contribution in [0.25, 0.3) is 11.3 Å². The average Bonchev–Trinajstić information content (AvgIpc) is 3.10. The van der Waals surface area contributed by atoms with Crippen LogP contribution in [0.15, 0.2) is 68.6 Å². The first-order valence-corrected chi connectivity index (χ1v) is 8.67. The van der Waals surface area contributed by atoms with E-state index in [1.54, 1.807) is 42.5 Å². The topological polar surface area (TPSA) is 97.7 Å². The van der Waals surface area contributed by atoms with E-state index in [-0.39, 0.29) is 11.6 Å². The molecule has 2 aromatic carbocycles. The fourth-order valence-electron chi connectivity index (χ4n) is 2.44. The fourth-order valence-corrected chi connectivity index (χ4v) is 2.79. The number of nitrogens with one attached hydrogen (secondary N) is 1. The molecule has 1 N–H and O–H groups in total. The van der Waals surface area contributed by atoms with Crippen LogP contribution in [0.4, 0.5) is 5.69 Å². The minimum atomic E-state index is -0.474. The molecule has 0 unspecified atom stereocenters. The molecule has 0 saturated heterocycles. The van der Waals surface area contributed by atoms with Crippen LogP contribution in [0.5, 0.6) is 0 Å². The lowest BCUT2D eigenvalue weighted by atomic mass is 10.1. The fraction of sp³-hybridized carbons (Fsp3) is 0.0526. The third-order valence-corrected chi connectivity index (χ3v) is 4.18. The van der Waals surface area contributed by atoms with Gasteiger partial charge < -0.3 is 4.42 Å². The summed E-state index contributed by atoms with van der Waals surface area (Å²) in [6.45, 7) is 1.89. The highest BCUT2D eigenvalue weighted by Gasteiger charge is 2.18. The van der Waals surface area contributed by atoms with Crippen molar-refractivity contribution >= 4 is 33.7 Å². The van der Waals surface area contributed by atoms with E-state index in [0.29, 0.717) is 27.1 Å². The van der Waals surface area contributed by atoms with Crippen molar-refractivity contribution in [3.63, 3.8) is 0 Å². The number of nitro benzene ring substituents is 1. The van der Waals surface area contributed by atoms with E-state index in [1.807, 2.05) is 13.0 Å². The number of hydrazone groups is 1. The molecular formula is C19H14BrN3O4. The lowest BCUT2D eigenvalue weighted by Crippen LogP contribution is -2.17. The molecule has 136 valence electrons. The van der Waals surface area contributed by atoms with E-state index < -0.39 is 4.92 Å². The van der Waals surface area contributed by atoms with Crippen molar-refractivity contribution in [2.75, 3.05) is 0 Å². The Morgan fingerprint density at radius 2 is 2.04 bits per heavy atom. The number of hydrogen-bond acceptors (Lipinski definition) is 5. The second-order valence-electron chi connectivity index (χ2n) is 5.69.